The molecule has 6 nitrogen and oxygen atoms in total. The predicted molar refractivity (Wildman–Crippen MR) is 106 cm³/mol. The van der Waals surface area contributed by atoms with E-state index in [1.54, 1.807) is 44.7 Å². The van der Waals surface area contributed by atoms with Crippen LogP contribution < -0.4 is 20.1 Å². The minimum atomic E-state index is -0.227. The summed E-state index contributed by atoms with van der Waals surface area (Å²) in [6.45, 7) is 0.592. The number of amides is 1. The maximum absolute atomic E-state index is 12.5. The molecule has 0 aliphatic heterocycles. The normalized spacial score (nSPS) is 10.1. The highest BCUT2D eigenvalue weighted by atomic mass is 16.5. The highest BCUT2D eigenvalue weighted by Crippen LogP contribution is 2.24. The third-order valence-corrected chi connectivity index (χ3v) is 4.01. The van der Waals surface area contributed by atoms with Crippen LogP contribution in [0.25, 0.3) is 0 Å². The number of ether oxygens (including phenoxy) is 2. The average Bonchev–Trinajstić information content (AvgIpc) is 2.73. The average molecular weight is 363 g/mol. The minimum Gasteiger partial charge on any atom is -0.497 e. The number of pyridine rings is 1. The van der Waals surface area contributed by atoms with Crippen LogP contribution in [0.15, 0.2) is 66.9 Å². The maximum Gasteiger partial charge on any atom is 0.255 e. The number of methoxy groups -OCH3 is 2. The van der Waals surface area contributed by atoms with Crippen molar-refractivity contribution in [1.29, 1.82) is 0 Å². The van der Waals surface area contributed by atoms with Crippen LogP contribution in [-0.4, -0.2) is 25.1 Å². The van der Waals surface area contributed by atoms with Gasteiger partial charge in [0.2, 0.25) is 0 Å². The Morgan fingerprint density at radius 3 is 2.52 bits per heavy atom. The van der Waals surface area contributed by atoms with Crippen molar-refractivity contribution >= 4 is 17.4 Å². The van der Waals surface area contributed by atoms with Gasteiger partial charge in [0, 0.05) is 18.3 Å². The van der Waals surface area contributed by atoms with Crippen molar-refractivity contribution in [3.8, 4) is 11.5 Å². The molecule has 0 saturated carbocycles. The fraction of sp³-hybridized carbons (Fsp3) is 0.143. The van der Waals surface area contributed by atoms with Gasteiger partial charge in [0.05, 0.1) is 19.9 Å². The number of carbonyl (C=O) groups excluding carboxylic acids is 1. The number of hydrogen-bond donors (Lipinski definition) is 2. The molecule has 0 aliphatic rings. The molecule has 0 saturated heterocycles. The zero-order valence-electron chi connectivity index (χ0n) is 15.2. The molecule has 0 aliphatic carbocycles. The molecule has 0 fully saturated rings. The molecule has 2 N–H and O–H groups in total. The molecule has 3 rings (SSSR count). The first kappa shape index (κ1) is 18.3. The summed E-state index contributed by atoms with van der Waals surface area (Å²) in [6.07, 6.45) is 1.60. The van der Waals surface area contributed by atoms with Gasteiger partial charge >= 0.3 is 0 Å². The van der Waals surface area contributed by atoms with E-state index in [0.717, 1.165) is 11.3 Å². The Hall–Kier alpha value is -3.54. The summed E-state index contributed by atoms with van der Waals surface area (Å²) in [7, 11) is 3.21. The molecule has 2 aromatic carbocycles. The number of aromatic nitrogens is 1. The van der Waals surface area contributed by atoms with E-state index < -0.39 is 0 Å². The summed E-state index contributed by atoms with van der Waals surface area (Å²) < 4.78 is 10.4. The van der Waals surface area contributed by atoms with E-state index >= 15 is 0 Å². The Morgan fingerprint density at radius 1 is 1.00 bits per heavy atom. The van der Waals surface area contributed by atoms with Crippen LogP contribution in [0.4, 0.5) is 11.5 Å². The van der Waals surface area contributed by atoms with Crippen molar-refractivity contribution in [1.82, 2.24) is 4.98 Å². The molecular weight excluding hydrogens is 342 g/mol. The minimum absolute atomic E-state index is 0.227. The van der Waals surface area contributed by atoms with Crippen molar-refractivity contribution in [3.05, 3.63) is 78.0 Å². The van der Waals surface area contributed by atoms with Crippen molar-refractivity contribution in [2.24, 2.45) is 0 Å². The van der Waals surface area contributed by atoms with Crippen molar-refractivity contribution < 1.29 is 14.3 Å². The van der Waals surface area contributed by atoms with Gasteiger partial charge in [0.15, 0.2) is 0 Å². The molecule has 1 heterocycles. The van der Waals surface area contributed by atoms with Gasteiger partial charge in [-0.1, -0.05) is 24.3 Å². The highest BCUT2D eigenvalue weighted by molar-refractivity contribution is 6.05. The van der Waals surface area contributed by atoms with Crippen LogP contribution in [0, 0.1) is 0 Å². The Balaban J connectivity index is 1.66. The second-order valence-electron chi connectivity index (χ2n) is 5.79. The van der Waals surface area contributed by atoms with Crippen LogP contribution in [0.3, 0.4) is 0 Å². The summed E-state index contributed by atoms with van der Waals surface area (Å²) in [5, 5.41) is 6.08. The zero-order chi connectivity index (χ0) is 19.1. The van der Waals surface area contributed by atoms with Crippen LogP contribution in [0.1, 0.15) is 15.9 Å². The SMILES string of the molecule is COc1ccc(CNc2cc(C(=O)Nc3ccccc3OC)ccn2)cc1. The summed E-state index contributed by atoms with van der Waals surface area (Å²) in [4.78, 5) is 16.8. The molecule has 1 aromatic heterocycles. The lowest BCUT2D eigenvalue weighted by molar-refractivity contribution is 0.102. The second-order valence-corrected chi connectivity index (χ2v) is 5.79. The van der Waals surface area contributed by atoms with Gasteiger partial charge in [-0.05, 0) is 42.0 Å². The lowest BCUT2D eigenvalue weighted by Gasteiger charge is -2.11. The number of anilines is 2. The van der Waals surface area contributed by atoms with Gasteiger partial charge in [-0.2, -0.15) is 0 Å². The van der Waals surface area contributed by atoms with Crippen LogP contribution >= 0.6 is 0 Å². The molecule has 0 spiro atoms. The topological polar surface area (TPSA) is 72.5 Å². The first-order valence-electron chi connectivity index (χ1n) is 8.47. The van der Waals surface area contributed by atoms with E-state index in [2.05, 4.69) is 15.6 Å². The zero-order valence-corrected chi connectivity index (χ0v) is 15.2. The van der Waals surface area contributed by atoms with Crippen LogP contribution in [-0.2, 0) is 6.54 Å². The largest absolute Gasteiger partial charge is 0.497 e. The molecule has 0 bridgehead atoms. The summed E-state index contributed by atoms with van der Waals surface area (Å²) in [6, 6.07) is 18.4. The van der Waals surface area contributed by atoms with Gasteiger partial charge in [-0.3, -0.25) is 4.79 Å². The van der Waals surface area contributed by atoms with Crippen LogP contribution in [0.2, 0.25) is 0 Å². The van der Waals surface area contributed by atoms with E-state index in [1.807, 2.05) is 36.4 Å². The summed E-state index contributed by atoms with van der Waals surface area (Å²) in [5.74, 6) is 1.82. The number of carbonyl (C=O) groups is 1. The number of nitrogens with zero attached hydrogens (tertiary/aromatic N) is 1. The van der Waals surface area contributed by atoms with Crippen molar-refractivity contribution in [2.45, 2.75) is 6.54 Å². The lowest BCUT2D eigenvalue weighted by atomic mass is 10.2. The van der Waals surface area contributed by atoms with E-state index in [9.17, 15) is 4.79 Å². The summed E-state index contributed by atoms with van der Waals surface area (Å²) >= 11 is 0. The smallest absolute Gasteiger partial charge is 0.255 e. The number of nitrogens with one attached hydrogen (secondary N) is 2. The molecule has 27 heavy (non-hydrogen) atoms. The van der Waals surface area contributed by atoms with E-state index in [0.29, 0.717) is 29.4 Å². The van der Waals surface area contributed by atoms with E-state index in [-0.39, 0.29) is 5.91 Å². The summed E-state index contributed by atoms with van der Waals surface area (Å²) in [5.41, 5.74) is 2.21. The second kappa shape index (κ2) is 8.71. The van der Waals surface area contributed by atoms with E-state index in [4.69, 9.17) is 9.47 Å². The highest BCUT2D eigenvalue weighted by Gasteiger charge is 2.10. The van der Waals surface area contributed by atoms with E-state index in [1.165, 1.54) is 0 Å². The number of hydrogen-bond acceptors (Lipinski definition) is 5. The first-order valence-corrected chi connectivity index (χ1v) is 8.47. The molecule has 0 unspecified atom stereocenters. The van der Waals surface area contributed by atoms with Crippen molar-refractivity contribution in [2.75, 3.05) is 24.9 Å². The number of rotatable bonds is 7. The van der Waals surface area contributed by atoms with Gasteiger partial charge in [0.1, 0.15) is 17.3 Å². The maximum atomic E-state index is 12.5. The molecule has 6 heteroatoms. The monoisotopic (exact) mass is 363 g/mol. The number of para-hydroxylation sites is 2. The standard InChI is InChI=1S/C21H21N3O3/c1-26-17-9-7-15(8-10-17)14-23-20-13-16(11-12-22-20)21(25)24-18-5-3-4-6-19(18)27-2/h3-13H,14H2,1-2H3,(H,22,23)(H,24,25). The quantitative estimate of drug-likeness (QED) is 0.665. The fourth-order valence-corrected chi connectivity index (χ4v) is 2.55. The third kappa shape index (κ3) is 4.76. The molecule has 1 amide bonds. The fourth-order valence-electron chi connectivity index (χ4n) is 2.55. The Labute approximate surface area is 158 Å². The Kier molecular flexibility index (Phi) is 5.89. The molecule has 0 radical (unpaired) electrons. The van der Waals surface area contributed by atoms with Crippen molar-refractivity contribution in [3.63, 3.8) is 0 Å². The van der Waals surface area contributed by atoms with Gasteiger partial charge in [-0.15, -0.1) is 0 Å². The van der Waals surface area contributed by atoms with Gasteiger partial charge in [0.25, 0.3) is 5.91 Å². The molecule has 0 atom stereocenters. The number of benzene rings is 2. The molecule has 138 valence electrons. The first-order chi connectivity index (χ1) is 13.2. The lowest BCUT2D eigenvalue weighted by Crippen LogP contribution is -2.13. The third-order valence-electron chi connectivity index (χ3n) is 4.01. The van der Waals surface area contributed by atoms with Crippen LogP contribution in [0.5, 0.6) is 11.5 Å². The molecular formula is C21H21N3O3. The Morgan fingerprint density at radius 2 is 1.78 bits per heavy atom. The predicted octanol–water partition coefficient (Wildman–Crippen LogP) is 3.96. The Bertz CT molecular complexity index is 911. The van der Waals surface area contributed by atoms with Gasteiger partial charge < -0.3 is 20.1 Å². The molecule has 3 aromatic rings. The van der Waals surface area contributed by atoms with Gasteiger partial charge in [-0.25, -0.2) is 4.98 Å².